The second-order valence-corrected chi connectivity index (χ2v) is 8.64. The van der Waals surface area contributed by atoms with Crippen LogP contribution < -0.4 is 15.0 Å². The summed E-state index contributed by atoms with van der Waals surface area (Å²) in [6.07, 6.45) is 3.12. The molecule has 4 rings (SSSR count). The van der Waals surface area contributed by atoms with Crippen molar-refractivity contribution in [1.29, 1.82) is 0 Å². The third-order valence-electron chi connectivity index (χ3n) is 4.63. The number of para-hydroxylation sites is 2. The molecule has 3 heterocycles. The topological polar surface area (TPSA) is 73.1 Å². The number of pyridine rings is 1. The van der Waals surface area contributed by atoms with Gasteiger partial charge in [-0.1, -0.05) is 42.2 Å². The Labute approximate surface area is 188 Å². The number of rotatable bonds is 5. The normalized spacial score (nSPS) is 15.4. The molecule has 1 aliphatic rings. The van der Waals surface area contributed by atoms with Crippen LogP contribution in [0, 0.1) is 0 Å². The molecule has 9 heteroatoms. The lowest BCUT2D eigenvalue weighted by Crippen LogP contribution is -2.34. The van der Waals surface area contributed by atoms with Gasteiger partial charge in [-0.25, -0.2) is 0 Å². The summed E-state index contributed by atoms with van der Waals surface area (Å²) in [4.78, 5) is 32.5. The van der Waals surface area contributed by atoms with Crippen LogP contribution in [0.4, 0.5) is 0 Å². The molecule has 7 nitrogen and oxygen atoms in total. The molecule has 0 spiro atoms. The summed E-state index contributed by atoms with van der Waals surface area (Å²) in [5, 5.41) is 0. The molecule has 1 amide bonds. The number of aromatic nitrogens is 2. The van der Waals surface area contributed by atoms with Gasteiger partial charge >= 0.3 is 0 Å². The molecular weight excluding hydrogens is 434 g/mol. The van der Waals surface area contributed by atoms with Gasteiger partial charge in [-0.05, 0) is 44.2 Å². The van der Waals surface area contributed by atoms with E-state index in [4.69, 9.17) is 21.7 Å². The van der Waals surface area contributed by atoms with E-state index in [-0.39, 0.29) is 29.0 Å². The zero-order chi connectivity index (χ0) is 22.1. The number of carbonyl (C=O) groups excluding carboxylic acids is 1. The molecule has 0 saturated carbocycles. The molecule has 0 unspecified atom stereocenters. The van der Waals surface area contributed by atoms with E-state index in [2.05, 4.69) is 4.98 Å². The highest BCUT2D eigenvalue weighted by Crippen LogP contribution is 2.36. The Morgan fingerprint density at radius 3 is 2.48 bits per heavy atom. The number of fused-ring (bicyclic) bond motifs is 1. The number of benzene rings is 1. The minimum Gasteiger partial charge on any atom is -0.493 e. The molecule has 3 aromatic rings. The number of thiocarbonyl (C=S) groups is 1. The second kappa shape index (κ2) is 8.52. The Kier molecular flexibility index (Phi) is 5.79. The first-order valence-corrected chi connectivity index (χ1v) is 10.7. The third-order valence-corrected chi connectivity index (χ3v) is 5.96. The number of hydrogen-bond donors (Lipinski definition) is 0. The molecule has 0 N–H and O–H groups in total. The predicted octanol–water partition coefficient (Wildman–Crippen LogP) is 4.11. The number of thioether (sulfide) groups is 1. The van der Waals surface area contributed by atoms with Crippen molar-refractivity contribution in [1.82, 2.24) is 14.3 Å². The van der Waals surface area contributed by atoms with Gasteiger partial charge in [0.15, 0.2) is 11.5 Å². The first-order valence-electron chi connectivity index (χ1n) is 9.50. The molecule has 0 radical (unpaired) electrons. The second-order valence-electron chi connectivity index (χ2n) is 6.96. The summed E-state index contributed by atoms with van der Waals surface area (Å²) in [5.41, 5.74) is 0.216. The molecular formula is C22H19N3O4S2. The highest BCUT2D eigenvalue weighted by atomic mass is 32.2. The number of hydrogen-bond acceptors (Lipinski definition) is 7. The molecule has 0 aliphatic carbocycles. The molecule has 31 heavy (non-hydrogen) atoms. The lowest BCUT2D eigenvalue weighted by atomic mass is 10.2. The van der Waals surface area contributed by atoms with Crippen molar-refractivity contribution in [2.24, 2.45) is 0 Å². The van der Waals surface area contributed by atoms with Gasteiger partial charge in [0.05, 0.1) is 12.0 Å². The lowest BCUT2D eigenvalue weighted by molar-refractivity contribution is -0.123. The van der Waals surface area contributed by atoms with Crippen molar-refractivity contribution >= 4 is 45.9 Å². The van der Waals surface area contributed by atoms with Crippen LogP contribution in [0.1, 0.15) is 19.4 Å². The fraction of sp³-hybridized carbons (Fsp3) is 0.182. The van der Waals surface area contributed by atoms with Gasteiger partial charge in [0.25, 0.3) is 11.5 Å². The minimum atomic E-state index is -0.356. The van der Waals surface area contributed by atoms with E-state index in [0.717, 1.165) is 11.8 Å². The number of carbonyl (C=O) groups is 1. The Morgan fingerprint density at radius 2 is 1.81 bits per heavy atom. The van der Waals surface area contributed by atoms with Crippen molar-refractivity contribution in [2.75, 3.05) is 7.11 Å². The number of ether oxygens (including phenoxy) is 2. The average Bonchev–Trinajstić information content (AvgIpc) is 3.04. The lowest BCUT2D eigenvalue weighted by Gasteiger charge is -2.18. The SMILES string of the molecule is COc1ccccc1Oc1nc2ccccn2c(=O)c1C=C1SC(=S)N(C(C)C)C1=O. The van der Waals surface area contributed by atoms with Crippen LogP contribution in [-0.4, -0.2) is 37.7 Å². The molecule has 158 valence electrons. The third kappa shape index (κ3) is 3.94. The van der Waals surface area contributed by atoms with Crippen LogP contribution in [0.25, 0.3) is 11.7 Å². The standard InChI is InChI=1S/C22H19N3O4S2/c1-13(2)25-21(27)17(31-22(25)30)12-14-19(29-16-9-5-4-8-15(16)28-3)23-18-10-6-7-11-24(18)20(14)26/h4-13H,1-3H3. The molecule has 1 saturated heterocycles. The number of methoxy groups -OCH3 is 1. The van der Waals surface area contributed by atoms with Gasteiger partial charge in [-0.15, -0.1) is 0 Å². The Bertz CT molecular complexity index is 1280. The highest BCUT2D eigenvalue weighted by molar-refractivity contribution is 8.26. The maximum Gasteiger partial charge on any atom is 0.269 e. The van der Waals surface area contributed by atoms with Crippen molar-refractivity contribution < 1.29 is 14.3 Å². The zero-order valence-corrected chi connectivity index (χ0v) is 18.7. The smallest absolute Gasteiger partial charge is 0.269 e. The molecule has 1 fully saturated rings. The van der Waals surface area contributed by atoms with Crippen LogP contribution in [0.2, 0.25) is 0 Å². The van der Waals surface area contributed by atoms with Gasteiger partial charge in [0.2, 0.25) is 5.88 Å². The first kappa shape index (κ1) is 21.1. The van der Waals surface area contributed by atoms with E-state index in [1.807, 2.05) is 19.9 Å². The maximum absolute atomic E-state index is 13.3. The Morgan fingerprint density at radius 1 is 1.10 bits per heavy atom. The van der Waals surface area contributed by atoms with E-state index in [1.165, 1.54) is 22.5 Å². The average molecular weight is 454 g/mol. The van der Waals surface area contributed by atoms with Gasteiger partial charge < -0.3 is 9.47 Å². The van der Waals surface area contributed by atoms with Crippen molar-refractivity contribution in [2.45, 2.75) is 19.9 Å². The summed E-state index contributed by atoms with van der Waals surface area (Å²) < 4.78 is 13.2. The fourth-order valence-corrected chi connectivity index (χ4v) is 4.65. The van der Waals surface area contributed by atoms with E-state index in [1.54, 1.807) is 42.6 Å². The van der Waals surface area contributed by atoms with Gasteiger partial charge in [0.1, 0.15) is 15.5 Å². The monoisotopic (exact) mass is 453 g/mol. The van der Waals surface area contributed by atoms with Gasteiger partial charge in [-0.3, -0.25) is 18.9 Å². The molecule has 2 aromatic heterocycles. The van der Waals surface area contributed by atoms with E-state index in [9.17, 15) is 9.59 Å². The summed E-state index contributed by atoms with van der Waals surface area (Å²) >= 11 is 6.50. The number of nitrogens with zero attached hydrogens (tertiary/aromatic N) is 3. The molecule has 1 aromatic carbocycles. The first-order chi connectivity index (χ1) is 14.9. The molecule has 0 bridgehead atoms. The molecule has 1 aliphatic heterocycles. The molecule has 0 atom stereocenters. The predicted molar refractivity (Wildman–Crippen MR) is 125 cm³/mol. The van der Waals surface area contributed by atoms with E-state index in [0.29, 0.717) is 26.4 Å². The summed E-state index contributed by atoms with van der Waals surface area (Å²) in [7, 11) is 1.53. The quantitative estimate of drug-likeness (QED) is 0.425. The largest absolute Gasteiger partial charge is 0.493 e. The van der Waals surface area contributed by atoms with E-state index < -0.39 is 0 Å². The van der Waals surface area contributed by atoms with Crippen molar-refractivity contribution in [3.05, 3.63) is 69.5 Å². The number of amides is 1. The Hall–Kier alpha value is -3.17. The summed E-state index contributed by atoms with van der Waals surface area (Å²) in [5.74, 6) is 0.734. The maximum atomic E-state index is 13.3. The van der Waals surface area contributed by atoms with E-state index >= 15 is 0 Å². The van der Waals surface area contributed by atoms with Crippen LogP contribution in [-0.2, 0) is 4.79 Å². The van der Waals surface area contributed by atoms with Crippen LogP contribution in [0.3, 0.4) is 0 Å². The zero-order valence-electron chi connectivity index (χ0n) is 17.1. The fourth-order valence-electron chi connectivity index (χ4n) is 3.15. The summed E-state index contributed by atoms with van der Waals surface area (Å²) in [6.45, 7) is 3.77. The van der Waals surface area contributed by atoms with Gasteiger partial charge in [0, 0.05) is 12.2 Å². The van der Waals surface area contributed by atoms with Crippen LogP contribution >= 0.6 is 24.0 Å². The summed E-state index contributed by atoms with van der Waals surface area (Å²) in [6, 6.07) is 12.2. The highest BCUT2D eigenvalue weighted by Gasteiger charge is 2.34. The van der Waals surface area contributed by atoms with Crippen LogP contribution in [0.5, 0.6) is 17.4 Å². The van der Waals surface area contributed by atoms with Crippen molar-refractivity contribution in [3.8, 4) is 17.4 Å². The Balaban J connectivity index is 1.89. The van der Waals surface area contributed by atoms with Crippen molar-refractivity contribution in [3.63, 3.8) is 0 Å². The van der Waals surface area contributed by atoms with Crippen LogP contribution in [0.15, 0.2) is 58.4 Å². The minimum absolute atomic E-state index is 0.0792. The van der Waals surface area contributed by atoms with Gasteiger partial charge in [-0.2, -0.15) is 4.98 Å².